The monoisotopic (exact) mass is 676 g/mol. The van der Waals surface area contributed by atoms with Gasteiger partial charge in [-0.2, -0.15) is 0 Å². The van der Waals surface area contributed by atoms with Crippen molar-refractivity contribution in [3.63, 3.8) is 0 Å². The summed E-state index contributed by atoms with van der Waals surface area (Å²) < 4.78 is 4.97. The zero-order chi connectivity index (χ0) is 33.2. The summed E-state index contributed by atoms with van der Waals surface area (Å²) in [7, 11) is 0. The normalized spacial score (nSPS) is 11.7. The molecule has 2 nitrogen and oxygen atoms in total. The minimum atomic E-state index is 0.690. The van der Waals surface area contributed by atoms with Gasteiger partial charge in [0.15, 0.2) is 0 Å². The van der Waals surface area contributed by atoms with E-state index in [4.69, 9.17) is 11.6 Å². The van der Waals surface area contributed by atoms with E-state index in [1.54, 1.807) is 0 Å². The number of anilines is 3. The number of aromatic nitrogens is 1. The van der Waals surface area contributed by atoms with Crippen molar-refractivity contribution >= 4 is 92.8 Å². The lowest BCUT2D eigenvalue weighted by Gasteiger charge is -2.26. The van der Waals surface area contributed by atoms with Gasteiger partial charge in [-0.25, -0.2) is 0 Å². The first-order valence-corrected chi connectivity index (χ1v) is 18.0. The molecule has 0 aliphatic carbocycles. The highest BCUT2D eigenvalue weighted by Crippen LogP contribution is 2.43. The van der Waals surface area contributed by atoms with Gasteiger partial charge in [-0.15, -0.1) is 11.3 Å². The Bertz CT molecular complexity index is 2890. The number of hydrogen-bond acceptors (Lipinski definition) is 2. The number of halogens is 1. The summed E-state index contributed by atoms with van der Waals surface area (Å²) in [6.45, 7) is 0. The molecule has 0 atom stereocenters. The first-order valence-electron chi connectivity index (χ1n) is 16.8. The van der Waals surface area contributed by atoms with Crippen molar-refractivity contribution in [3.8, 4) is 16.8 Å². The van der Waals surface area contributed by atoms with Crippen LogP contribution in [0.25, 0.3) is 69.6 Å². The largest absolute Gasteiger partial charge is 0.310 e. The van der Waals surface area contributed by atoms with Gasteiger partial charge in [-0.3, -0.25) is 0 Å². The third kappa shape index (κ3) is 4.70. The summed E-state index contributed by atoms with van der Waals surface area (Å²) in [6.07, 6.45) is 0. The van der Waals surface area contributed by atoms with Crippen LogP contribution < -0.4 is 4.90 Å². The van der Waals surface area contributed by atoms with Gasteiger partial charge in [0.25, 0.3) is 0 Å². The van der Waals surface area contributed by atoms with E-state index in [1.165, 1.54) is 47.2 Å². The van der Waals surface area contributed by atoms with Gasteiger partial charge in [0.1, 0.15) is 0 Å². The molecule has 0 N–H and O–H groups in total. The van der Waals surface area contributed by atoms with Crippen molar-refractivity contribution in [1.82, 2.24) is 4.57 Å². The molecule has 10 rings (SSSR count). The number of fused-ring (bicyclic) bond motifs is 8. The Balaban J connectivity index is 1.18. The van der Waals surface area contributed by atoms with Crippen molar-refractivity contribution in [2.45, 2.75) is 0 Å². The predicted molar refractivity (Wildman–Crippen MR) is 216 cm³/mol. The van der Waals surface area contributed by atoms with Crippen LogP contribution in [0.5, 0.6) is 0 Å². The zero-order valence-electron chi connectivity index (χ0n) is 26.9. The fourth-order valence-electron chi connectivity index (χ4n) is 7.57. The van der Waals surface area contributed by atoms with E-state index in [2.05, 4.69) is 185 Å². The molecule has 8 aromatic carbocycles. The Hall–Kier alpha value is -5.87. The number of rotatable bonds is 5. The van der Waals surface area contributed by atoms with Crippen LogP contribution in [0.15, 0.2) is 176 Å². The van der Waals surface area contributed by atoms with Gasteiger partial charge < -0.3 is 9.47 Å². The van der Waals surface area contributed by atoms with E-state index in [0.717, 1.165) is 39.4 Å². The van der Waals surface area contributed by atoms with Crippen LogP contribution in [-0.2, 0) is 0 Å². The van der Waals surface area contributed by atoms with Gasteiger partial charge in [0.2, 0.25) is 0 Å². The maximum atomic E-state index is 7.02. The lowest BCUT2D eigenvalue weighted by Crippen LogP contribution is -2.10. The molecule has 0 radical (unpaired) electrons. The lowest BCUT2D eigenvalue weighted by molar-refractivity contribution is 1.18. The van der Waals surface area contributed by atoms with Crippen LogP contribution in [0.2, 0.25) is 5.02 Å². The molecule has 0 saturated heterocycles. The molecule has 2 heterocycles. The van der Waals surface area contributed by atoms with Gasteiger partial charge in [0.05, 0.1) is 11.0 Å². The molecule has 10 aromatic rings. The highest BCUT2D eigenvalue weighted by atomic mass is 35.5. The maximum absolute atomic E-state index is 7.02. The molecule has 4 heteroatoms. The van der Waals surface area contributed by atoms with Gasteiger partial charge >= 0.3 is 0 Å². The summed E-state index contributed by atoms with van der Waals surface area (Å²) in [5, 5.41) is 8.24. The Labute approximate surface area is 298 Å². The average molecular weight is 677 g/mol. The van der Waals surface area contributed by atoms with Crippen molar-refractivity contribution in [2.24, 2.45) is 0 Å². The summed E-state index contributed by atoms with van der Waals surface area (Å²) in [5.74, 6) is 0. The second kappa shape index (κ2) is 11.6. The molecule has 0 fully saturated rings. The van der Waals surface area contributed by atoms with Crippen molar-refractivity contribution in [1.29, 1.82) is 0 Å². The minimum absolute atomic E-state index is 0.690. The molecule has 0 aliphatic heterocycles. The third-order valence-corrected chi connectivity index (χ3v) is 11.1. The lowest BCUT2D eigenvalue weighted by atomic mass is 10.00. The summed E-state index contributed by atoms with van der Waals surface area (Å²) >= 11 is 8.86. The van der Waals surface area contributed by atoms with Gasteiger partial charge in [0, 0.05) is 58.7 Å². The molecule has 0 spiro atoms. The Morgan fingerprint density at radius 3 is 2.04 bits per heavy atom. The van der Waals surface area contributed by atoms with Crippen molar-refractivity contribution in [3.05, 3.63) is 181 Å². The molecule has 0 bridgehead atoms. The van der Waals surface area contributed by atoms with Gasteiger partial charge in [-0.05, 0) is 101 Å². The van der Waals surface area contributed by atoms with E-state index < -0.39 is 0 Å². The molecular formula is C46H29ClN2S. The maximum Gasteiger partial charge on any atom is 0.0547 e. The second-order valence-corrected chi connectivity index (χ2v) is 14.3. The molecule has 236 valence electrons. The number of hydrogen-bond donors (Lipinski definition) is 0. The SMILES string of the molecule is Clc1cc(-c2ccc3c4c5ccccc5ccc4n(-c4ccccc4)c3c2)cc(N(c2ccccc2)c2ccc3sc4ccccc4c3c2)c1. The van der Waals surface area contributed by atoms with Crippen LogP contribution in [0.4, 0.5) is 17.1 Å². The molecule has 0 aliphatic rings. The van der Waals surface area contributed by atoms with E-state index in [-0.39, 0.29) is 0 Å². The van der Waals surface area contributed by atoms with Crippen LogP contribution in [0.3, 0.4) is 0 Å². The topological polar surface area (TPSA) is 8.17 Å². The van der Waals surface area contributed by atoms with E-state index >= 15 is 0 Å². The first kappa shape index (κ1) is 29.1. The molecule has 0 saturated carbocycles. The number of para-hydroxylation sites is 2. The fourth-order valence-corrected chi connectivity index (χ4v) is 8.89. The zero-order valence-corrected chi connectivity index (χ0v) is 28.5. The number of benzene rings is 8. The highest BCUT2D eigenvalue weighted by molar-refractivity contribution is 7.25. The summed E-state index contributed by atoms with van der Waals surface area (Å²) in [4.78, 5) is 2.31. The Kier molecular flexibility index (Phi) is 6.76. The van der Waals surface area contributed by atoms with E-state index in [1.807, 2.05) is 11.3 Å². The quantitative estimate of drug-likeness (QED) is 0.176. The molecular weight excluding hydrogens is 648 g/mol. The van der Waals surface area contributed by atoms with Crippen molar-refractivity contribution in [2.75, 3.05) is 4.90 Å². The summed E-state index contributed by atoms with van der Waals surface area (Å²) in [5.41, 5.74) is 8.84. The van der Waals surface area contributed by atoms with Crippen LogP contribution >= 0.6 is 22.9 Å². The number of nitrogens with zero attached hydrogens (tertiary/aromatic N) is 2. The van der Waals surface area contributed by atoms with Crippen LogP contribution in [0, 0.1) is 0 Å². The second-order valence-electron chi connectivity index (χ2n) is 12.7. The van der Waals surface area contributed by atoms with Gasteiger partial charge in [-0.1, -0.05) is 109 Å². The molecule has 0 amide bonds. The van der Waals surface area contributed by atoms with E-state index in [9.17, 15) is 0 Å². The smallest absolute Gasteiger partial charge is 0.0547 e. The number of thiophene rings is 1. The molecule has 50 heavy (non-hydrogen) atoms. The standard InChI is InChI=1S/C46H29ClN2S/c47-33-25-32(26-37(28-33)48(34-12-3-1-4-13-34)36-21-24-45-41(29-36)39-17-9-10-18-44(39)50-45)31-19-22-40-43(27-31)49(35-14-5-2-6-15-35)42-23-20-30-11-7-8-16-38(30)46(40)42/h1-29H. The Morgan fingerprint density at radius 2 is 1.18 bits per heavy atom. The summed E-state index contributed by atoms with van der Waals surface area (Å²) in [6, 6.07) is 63.1. The molecule has 2 aromatic heterocycles. The average Bonchev–Trinajstić information content (AvgIpc) is 3.71. The predicted octanol–water partition coefficient (Wildman–Crippen LogP) is 14.1. The Morgan fingerprint density at radius 1 is 0.440 bits per heavy atom. The fraction of sp³-hybridized carbons (Fsp3) is 0. The van der Waals surface area contributed by atoms with E-state index in [0.29, 0.717) is 5.02 Å². The minimum Gasteiger partial charge on any atom is -0.310 e. The van der Waals surface area contributed by atoms with Crippen LogP contribution in [0.1, 0.15) is 0 Å². The first-order chi connectivity index (χ1) is 24.7. The van der Waals surface area contributed by atoms with Crippen LogP contribution in [-0.4, -0.2) is 4.57 Å². The highest BCUT2D eigenvalue weighted by Gasteiger charge is 2.19. The molecule has 0 unspecified atom stereocenters. The van der Waals surface area contributed by atoms with Crippen molar-refractivity contribution < 1.29 is 0 Å². The third-order valence-electron chi connectivity index (χ3n) is 9.78.